The molecule has 0 saturated carbocycles. The lowest BCUT2D eigenvalue weighted by molar-refractivity contribution is -0.137. The zero-order chi connectivity index (χ0) is 26.7. The molecule has 0 saturated heterocycles. The number of esters is 2. The van der Waals surface area contributed by atoms with Crippen LogP contribution in [0.25, 0.3) is 6.08 Å². The molecule has 0 aromatic heterocycles. The number of hydrogen-bond donors (Lipinski definition) is 1. The molecule has 0 atom stereocenters. The Kier molecular flexibility index (Phi) is 13.4. The smallest absolute Gasteiger partial charge is 0.407 e. The van der Waals surface area contributed by atoms with Crippen molar-refractivity contribution in [2.45, 2.75) is 39.0 Å². The Balaban J connectivity index is 1.68. The van der Waals surface area contributed by atoms with Gasteiger partial charge in [-0.1, -0.05) is 25.5 Å². The second-order valence-corrected chi connectivity index (χ2v) is 7.86. The highest BCUT2D eigenvalue weighted by atomic mass is 16.6. The van der Waals surface area contributed by atoms with Crippen LogP contribution >= 0.6 is 0 Å². The minimum atomic E-state index is -0.514. The van der Waals surface area contributed by atoms with E-state index in [1.807, 2.05) is 6.92 Å². The maximum atomic E-state index is 12.4. The zero-order valence-corrected chi connectivity index (χ0v) is 20.9. The van der Waals surface area contributed by atoms with Crippen LogP contribution < -0.4 is 14.8 Å². The Morgan fingerprint density at radius 1 is 0.892 bits per heavy atom. The fourth-order valence-corrected chi connectivity index (χ4v) is 2.87. The highest BCUT2D eigenvalue weighted by Crippen LogP contribution is 2.17. The van der Waals surface area contributed by atoms with Crippen molar-refractivity contribution in [3.63, 3.8) is 0 Å². The van der Waals surface area contributed by atoms with E-state index < -0.39 is 18.0 Å². The van der Waals surface area contributed by atoms with Crippen LogP contribution in [0.3, 0.4) is 0 Å². The minimum absolute atomic E-state index is 0.134. The van der Waals surface area contributed by atoms with Gasteiger partial charge in [-0.25, -0.2) is 14.4 Å². The predicted octanol–water partition coefficient (Wildman–Crippen LogP) is 5.06. The van der Waals surface area contributed by atoms with Crippen LogP contribution in [0.15, 0.2) is 54.6 Å². The normalized spacial score (nSPS) is 10.4. The summed E-state index contributed by atoms with van der Waals surface area (Å²) in [6.45, 7) is 3.34. The van der Waals surface area contributed by atoms with Crippen molar-refractivity contribution in [2.75, 3.05) is 26.4 Å². The van der Waals surface area contributed by atoms with Crippen molar-refractivity contribution in [1.82, 2.24) is 5.32 Å². The van der Waals surface area contributed by atoms with E-state index in [-0.39, 0.29) is 13.2 Å². The number of benzene rings is 2. The molecule has 196 valence electrons. The molecule has 2 aromatic carbocycles. The first-order valence-corrected chi connectivity index (χ1v) is 12.2. The number of unbranched alkanes of at least 4 members (excludes halogenated alkanes) is 2. The topological polar surface area (TPSA) is 124 Å². The van der Waals surface area contributed by atoms with Gasteiger partial charge >= 0.3 is 18.0 Å². The van der Waals surface area contributed by atoms with Gasteiger partial charge in [-0.2, -0.15) is 5.26 Å². The van der Waals surface area contributed by atoms with Crippen LogP contribution in [0.4, 0.5) is 4.79 Å². The summed E-state index contributed by atoms with van der Waals surface area (Å²) >= 11 is 0. The first kappa shape index (κ1) is 28.9. The first-order valence-electron chi connectivity index (χ1n) is 12.2. The fourth-order valence-electron chi connectivity index (χ4n) is 2.87. The van der Waals surface area contributed by atoms with Crippen LogP contribution in [0.1, 0.15) is 54.9 Å². The van der Waals surface area contributed by atoms with E-state index in [0.717, 1.165) is 18.4 Å². The first-order chi connectivity index (χ1) is 18.0. The number of nitrogens with zero attached hydrogens (tertiary/aromatic N) is 1. The van der Waals surface area contributed by atoms with Gasteiger partial charge in [-0.15, -0.1) is 0 Å². The molecule has 0 aliphatic carbocycles. The van der Waals surface area contributed by atoms with Gasteiger partial charge in [0, 0.05) is 25.5 Å². The molecule has 1 N–H and O–H groups in total. The number of ether oxygens (including phenoxy) is 4. The van der Waals surface area contributed by atoms with Gasteiger partial charge in [0.05, 0.1) is 31.5 Å². The van der Waals surface area contributed by atoms with Gasteiger partial charge < -0.3 is 24.3 Å². The molecular weight excluding hydrogens is 476 g/mol. The molecule has 9 heteroatoms. The number of nitriles is 1. The number of alkyl carbamates (subject to hydrolysis) is 1. The maximum absolute atomic E-state index is 12.4. The molecule has 0 radical (unpaired) electrons. The molecule has 2 rings (SSSR count). The number of nitrogens with one attached hydrogen (secondary N) is 1. The van der Waals surface area contributed by atoms with Crippen molar-refractivity contribution in [3.05, 3.63) is 65.7 Å². The molecule has 0 fully saturated rings. The summed E-state index contributed by atoms with van der Waals surface area (Å²) in [4.78, 5) is 35.6. The van der Waals surface area contributed by atoms with Gasteiger partial charge in [0.1, 0.15) is 11.5 Å². The third kappa shape index (κ3) is 12.3. The average molecular weight is 509 g/mol. The molecule has 0 unspecified atom stereocenters. The predicted molar refractivity (Wildman–Crippen MR) is 137 cm³/mol. The van der Waals surface area contributed by atoms with E-state index in [9.17, 15) is 14.4 Å². The largest absolute Gasteiger partial charge is 0.494 e. The highest BCUT2D eigenvalue weighted by molar-refractivity contribution is 5.91. The summed E-state index contributed by atoms with van der Waals surface area (Å²) in [7, 11) is 0. The standard InChI is InChI=1S/C28H32N2O7/c1-2-3-18-30-28(33)36-21-6-20-35-26(31)16-9-22-7-12-25(13-8-22)37-27(32)23-10-14-24(15-11-23)34-19-5-4-17-29/h7-16H,2-6,18-21H2,1H3,(H,30,33)/b16-9+. The number of carbonyl (C=O) groups excluding carboxylic acids is 3. The molecule has 1 amide bonds. The lowest BCUT2D eigenvalue weighted by Gasteiger charge is -2.07. The Morgan fingerprint density at radius 2 is 1.59 bits per heavy atom. The van der Waals surface area contributed by atoms with Crippen LogP contribution in [0.2, 0.25) is 0 Å². The number of amides is 1. The molecule has 0 aliphatic rings. The Morgan fingerprint density at radius 3 is 2.30 bits per heavy atom. The Bertz CT molecular complexity index is 1060. The summed E-state index contributed by atoms with van der Waals surface area (Å²) in [5.41, 5.74) is 1.10. The van der Waals surface area contributed by atoms with Crippen molar-refractivity contribution < 1.29 is 33.3 Å². The number of hydrogen-bond acceptors (Lipinski definition) is 8. The molecule has 2 aromatic rings. The van der Waals surface area contributed by atoms with E-state index in [1.165, 1.54) is 6.08 Å². The zero-order valence-electron chi connectivity index (χ0n) is 20.9. The second kappa shape index (κ2) is 17.2. The van der Waals surface area contributed by atoms with Gasteiger partial charge in [-0.3, -0.25) is 0 Å². The van der Waals surface area contributed by atoms with Crippen molar-refractivity contribution >= 4 is 24.1 Å². The van der Waals surface area contributed by atoms with Crippen LogP contribution in [0.5, 0.6) is 11.5 Å². The van der Waals surface area contributed by atoms with Gasteiger partial charge in [0.25, 0.3) is 0 Å². The summed E-state index contributed by atoms with van der Waals surface area (Å²) < 4.78 is 21.0. The van der Waals surface area contributed by atoms with Gasteiger partial charge in [0.15, 0.2) is 0 Å². The van der Waals surface area contributed by atoms with Crippen molar-refractivity contribution in [3.8, 4) is 17.6 Å². The van der Waals surface area contributed by atoms with E-state index >= 15 is 0 Å². The molecule has 37 heavy (non-hydrogen) atoms. The van der Waals surface area contributed by atoms with Gasteiger partial charge in [-0.05, 0) is 60.9 Å². The quantitative estimate of drug-likeness (QED) is 0.153. The van der Waals surface area contributed by atoms with Crippen LogP contribution in [0, 0.1) is 11.3 Å². The highest BCUT2D eigenvalue weighted by Gasteiger charge is 2.09. The summed E-state index contributed by atoms with van der Waals surface area (Å²) in [6, 6.07) is 15.3. The Labute approximate surface area is 217 Å². The van der Waals surface area contributed by atoms with Crippen molar-refractivity contribution in [2.24, 2.45) is 0 Å². The second-order valence-electron chi connectivity index (χ2n) is 7.86. The molecule has 0 aliphatic heterocycles. The monoisotopic (exact) mass is 508 g/mol. The fraction of sp³-hybridized carbons (Fsp3) is 0.357. The number of rotatable bonds is 15. The molecule has 0 heterocycles. The van der Waals surface area contributed by atoms with E-state index in [4.69, 9.17) is 24.2 Å². The van der Waals surface area contributed by atoms with Crippen molar-refractivity contribution in [1.29, 1.82) is 5.26 Å². The SMILES string of the molecule is CCCCNC(=O)OCCCOC(=O)/C=C/c1ccc(OC(=O)c2ccc(OCCCC#N)cc2)cc1. The molecule has 9 nitrogen and oxygen atoms in total. The third-order valence-electron chi connectivity index (χ3n) is 4.86. The molecule has 0 spiro atoms. The Hall–Kier alpha value is -4.32. The number of carbonyl (C=O) groups is 3. The lowest BCUT2D eigenvalue weighted by atomic mass is 10.2. The molecular formula is C28H32N2O7. The van der Waals surface area contributed by atoms with E-state index in [0.29, 0.717) is 49.5 Å². The summed E-state index contributed by atoms with van der Waals surface area (Å²) in [6.07, 6.45) is 5.76. The summed E-state index contributed by atoms with van der Waals surface area (Å²) in [5.74, 6) is -0.0475. The summed E-state index contributed by atoms with van der Waals surface area (Å²) in [5, 5.41) is 11.2. The average Bonchev–Trinajstić information content (AvgIpc) is 2.91. The van der Waals surface area contributed by atoms with Crippen LogP contribution in [-0.2, 0) is 14.3 Å². The van der Waals surface area contributed by atoms with Crippen LogP contribution in [-0.4, -0.2) is 44.4 Å². The van der Waals surface area contributed by atoms with E-state index in [1.54, 1.807) is 54.6 Å². The third-order valence-corrected chi connectivity index (χ3v) is 4.86. The maximum Gasteiger partial charge on any atom is 0.407 e. The van der Waals surface area contributed by atoms with E-state index in [2.05, 4.69) is 11.4 Å². The van der Waals surface area contributed by atoms with Gasteiger partial charge in [0.2, 0.25) is 0 Å². The molecule has 0 bridgehead atoms. The lowest BCUT2D eigenvalue weighted by Crippen LogP contribution is -2.25. The minimum Gasteiger partial charge on any atom is -0.494 e.